The van der Waals surface area contributed by atoms with Crippen LogP contribution in [0.3, 0.4) is 0 Å². The minimum Gasteiger partial charge on any atom is -0.465 e. The summed E-state index contributed by atoms with van der Waals surface area (Å²) < 4.78 is 20.6. The fraction of sp³-hybridized carbons (Fsp3) is 0.450. The lowest BCUT2D eigenvalue weighted by Crippen LogP contribution is -2.42. The lowest BCUT2D eigenvalue weighted by molar-refractivity contribution is 0.0599. The molecule has 1 saturated heterocycles. The van der Waals surface area contributed by atoms with Crippen molar-refractivity contribution < 1.29 is 18.7 Å². The summed E-state index contributed by atoms with van der Waals surface area (Å²) in [6.45, 7) is 1.09. The number of benzene rings is 1. The summed E-state index contributed by atoms with van der Waals surface area (Å²) in [5, 5.41) is 7.10. The van der Waals surface area contributed by atoms with Crippen molar-refractivity contribution in [3.8, 4) is 0 Å². The molecule has 1 aliphatic carbocycles. The molecule has 0 unspecified atom stereocenters. The molecular weight excluding hydrogens is 363 g/mol. The number of hydrogen-bond acceptors (Lipinski definition) is 4. The zero-order valence-corrected chi connectivity index (χ0v) is 15.7. The Morgan fingerprint density at radius 2 is 1.89 bits per heavy atom. The molecule has 0 spiro atoms. The Balaban J connectivity index is 1.42. The highest BCUT2D eigenvalue weighted by Gasteiger charge is 2.35. The van der Waals surface area contributed by atoms with Crippen molar-refractivity contribution in [2.45, 2.75) is 37.6 Å². The van der Waals surface area contributed by atoms with Gasteiger partial charge in [-0.3, -0.25) is 4.68 Å². The van der Waals surface area contributed by atoms with E-state index in [1.165, 1.54) is 13.2 Å². The molecule has 1 N–H and O–H groups in total. The van der Waals surface area contributed by atoms with Gasteiger partial charge in [0.15, 0.2) is 0 Å². The quantitative estimate of drug-likeness (QED) is 0.816. The Bertz CT molecular complexity index is 885. The predicted molar refractivity (Wildman–Crippen MR) is 101 cm³/mol. The molecule has 2 heterocycles. The van der Waals surface area contributed by atoms with Crippen molar-refractivity contribution >= 4 is 17.7 Å². The van der Waals surface area contributed by atoms with Crippen LogP contribution in [0.25, 0.3) is 0 Å². The van der Waals surface area contributed by atoms with Gasteiger partial charge in [-0.05, 0) is 37.8 Å². The van der Waals surface area contributed by atoms with Crippen LogP contribution >= 0.6 is 0 Å². The topological polar surface area (TPSA) is 76.5 Å². The molecule has 2 aliphatic rings. The van der Waals surface area contributed by atoms with Crippen molar-refractivity contribution in [3.63, 3.8) is 0 Å². The largest absolute Gasteiger partial charge is 0.465 e. The van der Waals surface area contributed by atoms with Gasteiger partial charge in [0.25, 0.3) is 0 Å². The zero-order valence-electron chi connectivity index (χ0n) is 15.7. The molecular formula is C20H23FN4O3. The number of amides is 2. The Morgan fingerprint density at radius 3 is 2.54 bits per heavy atom. The molecule has 2 aromatic rings. The first kappa shape index (κ1) is 18.5. The first-order valence-electron chi connectivity index (χ1n) is 9.54. The van der Waals surface area contributed by atoms with Crippen LogP contribution in [0.1, 0.15) is 53.7 Å². The molecule has 1 aliphatic heterocycles. The molecule has 1 aromatic heterocycles. The van der Waals surface area contributed by atoms with E-state index >= 15 is 0 Å². The van der Waals surface area contributed by atoms with E-state index in [2.05, 4.69) is 10.4 Å². The number of carbonyl (C=O) groups excluding carboxylic acids is 2. The molecule has 0 atom stereocenters. The number of hydrogen-bond donors (Lipinski definition) is 1. The molecule has 2 amide bonds. The Kier molecular flexibility index (Phi) is 5.02. The molecule has 7 nitrogen and oxygen atoms in total. The van der Waals surface area contributed by atoms with Crippen LogP contribution in [0.15, 0.2) is 30.5 Å². The van der Waals surface area contributed by atoms with Crippen molar-refractivity contribution in [1.82, 2.24) is 14.7 Å². The smallest absolute Gasteiger partial charge is 0.341 e. The van der Waals surface area contributed by atoms with Gasteiger partial charge in [0.05, 0.1) is 30.7 Å². The first-order valence-corrected chi connectivity index (χ1v) is 9.54. The van der Waals surface area contributed by atoms with E-state index in [4.69, 9.17) is 4.74 Å². The van der Waals surface area contributed by atoms with Crippen molar-refractivity contribution in [1.29, 1.82) is 0 Å². The SMILES string of the molecule is COC(=O)c1cnn(C2CCN(C(=O)Nc3ccccc3F)CC2)c1C1CC1. The summed E-state index contributed by atoms with van der Waals surface area (Å²) in [5.41, 5.74) is 1.69. The molecule has 0 bridgehead atoms. The Hall–Kier alpha value is -2.90. The van der Waals surface area contributed by atoms with Crippen LogP contribution in [0.2, 0.25) is 0 Å². The molecule has 8 heteroatoms. The number of esters is 1. The fourth-order valence-corrected chi connectivity index (χ4v) is 3.76. The van der Waals surface area contributed by atoms with E-state index in [-0.39, 0.29) is 23.7 Å². The lowest BCUT2D eigenvalue weighted by atomic mass is 10.0. The van der Waals surface area contributed by atoms with E-state index in [1.54, 1.807) is 29.3 Å². The zero-order chi connectivity index (χ0) is 19.7. The van der Waals surface area contributed by atoms with Crippen molar-refractivity contribution in [2.24, 2.45) is 0 Å². The maximum Gasteiger partial charge on any atom is 0.341 e. The molecule has 28 heavy (non-hydrogen) atoms. The summed E-state index contributed by atoms with van der Waals surface area (Å²) >= 11 is 0. The maximum absolute atomic E-state index is 13.7. The number of piperidine rings is 1. The number of nitrogens with one attached hydrogen (secondary N) is 1. The monoisotopic (exact) mass is 386 g/mol. The van der Waals surface area contributed by atoms with Gasteiger partial charge in [-0.1, -0.05) is 12.1 Å². The summed E-state index contributed by atoms with van der Waals surface area (Å²) in [7, 11) is 1.38. The lowest BCUT2D eigenvalue weighted by Gasteiger charge is -2.33. The number of anilines is 1. The Morgan fingerprint density at radius 1 is 1.18 bits per heavy atom. The molecule has 148 valence electrons. The second-order valence-electron chi connectivity index (χ2n) is 7.28. The third kappa shape index (κ3) is 3.58. The minimum absolute atomic E-state index is 0.131. The van der Waals surface area contributed by atoms with E-state index in [0.717, 1.165) is 31.4 Å². The third-order valence-corrected chi connectivity index (χ3v) is 5.42. The minimum atomic E-state index is -0.452. The van der Waals surface area contributed by atoms with Gasteiger partial charge in [0.2, 0.25) is 0 Å². The molecule has 1 aromatic carbocycles. The fourth-order valence-electron chi connectivity index (χ4n) is 3.76. The number of likely N-dealkylation sites (tertiary alicyclic amines) is 1. The number of ether oxygens (including phenoxy) is 1. The van der Waals surface area contributed by atoms with Crippen LogP contribution in [-0.2, 0) is 4.74 Å². The number of urea groups is 1. The Labute approximate surface area is 162 Å². The molecule has 2 fully saturated rings. The highest BCUT2D eigenvalue weighted by atomic mass is 19.1. The van der Waals surface area contributed by atoms with Crippen molar-refractivity contribution in [2.75, 3.05) is 25.5 Å². The van der Waals surface area contributed by atoms with E-state index in [1.807, 2.05) is 4.68 Å². The highest BCUT2D eigenvalue weighted by Crippen LogP contribution is 2.43. The summed E-state index contributed by atoms with van der Waals surface area (Å²) in [6, 6.07) is 5.95. The summed E-state index contributed by atoms with van der Waals surface area (Å²) in [5.74, 6) is -0.444. The standard InChI is InChI=1S/C20H23FN4O3/c1-28-19(26)15-12-22-25(18(15)13-6-7-13)14-8-10-24(11-9-14)20(27)23-17-5-3-2-4-16(17)21/h2-5,12-14H,6-11H2,1H3,(H,23,27). The van der Waals surface area contributed by atoms with E-state index in [9.17, 15) is 14.0 Å². The third-order valence-electron chi connectivity index (χ3n) is 5.42. The normalized spacial score (nSPS) is 17.4. The van der Waals surface area contributed by atoms with Gasteiger partial charge in [0.1, 0.15) is 11.4 Å². The number of aromatic nitrogens is 2. The number of rotatable bonds is 4. The number of carbonyl (C=O) groups is 2. The average Bonchev–Trinajstić information content (AvgIpc) is 3.47. The van der Waals surface area contributed by atoms with E-state index in [0.29, 0.717) is 24.6 Å². The average molecular weight is 386 g/mol. The summed E-state index contributed by atoms with van der Waals surface area (Å²) in [4.78, 5) is 26.2. The molecule has 0 radical (unpaired) electrons. The van der Waals surface area contributed by atoms with Crippen LogP contribution < -0.4 is 5.32 Å². The number of para-hydroxylation sites is 1. The van der Waals surface area contributed by atoms with Crippen LogP contribution in [0.5, 0.6) is 0 Å². The molecule has 1 saturated carbocycles. The van der Waals surface area contributed by atoms with Gasteiger partial charge < -0.3 is 15.0 Å². The second kappa shape index (κ2) is 7.61. The van der Waals surface area contributed by atoms with Gasteiger partial charge in [-0.2, -0.15) is 5.10 Å². The summed E-state index contributed by atoms with van der Waals surface area (Å²) in [6.07, 6.45) is 5.16. The highest BCUT2D eigenvalue weighted by molar-refractivity contribution is 5.91. The van der Waals surface area contributed by atoms with Crippen LogP contribution in [0.4, 0.5) is 14.9 Å². The van der Waals surface area contributed by atoms with Crippen LogP contribution in [0, 0.1) is 5.82 Å². The van der Waals surface area contributed by atoms with E-state index < -0.39 is 5.82 Å². The number of halogens is 1. The molecule has 4 rings (SSSR count). The predicted octanol–water partition coefficient (Wildman–Crippen LogP) is 3.56. The number of nitrogens with zero attached hydrogens (tertiary/aromatic N) is 3. The second-order valence-corrected chi connectivity index (χ2v) is 7.28. The first-order chi connectivity index (χ1) is 13.6. The van der Waals surface area contributed by atoms with Crippen LogP contribution in [-0.4, -0.2) is 46.9 Å². The van der Waals surface area contributed by atoms with Gasteiger partial charge in [0, 0.05) is 19.0 Å². The van der Waals surface area contributed by atoms with Gasteiger partial charge in [-0.15, -0.1) is 0 Å². The number of methoxy groups -OCH3 is 1. The maximum atomic E-state index is 13.7. The van der Waals surface area contributed by atoms with Gasteiger partial charge in [-0.25, -0.2) is 14.0 Å². The van der Waals surface area contributed by atoms with Gasteiger partial charge >= 0.3 is 12.0 Å². The van der Waals surface area contributed by atoms with Crippen molar-refractivity contribution in [3.05, 3.63) is 47.5 Å².